The lowest BCUT2D eigenvalue weighted by Gasteiger charge is -2.08. The number of pyridine rings is 2. The zero-order valence-corrected chi connectivity index (χ0v) is 17.5. The summed E-state index contributed by atoms with van der Waals surface area (Å²) in [6.07, 6.45) is 2.68. The third kappa shape index (κ3) is 6.30. The average molecular weight is 456 g/mol. The lowest BCUT2D eigenvalue weighted by Crippen LogP contribution is -2.28. The van der Waals surface area contributed by atoms with Crippen LogP contribution in [-0.4, -0.2) is 68.0 Å². The molecule has 172 valence electrons. The Hall–Kier alpha value is -4.39. The molecule has 13 heteroatoms. The van der Waals surface area contributed by atoms with Crippen LogP contribution in [-0.2, 0) is 11.8 Å². The highest BCUT2D eigenvalue weighted by Crippen LogP contribution is 2.20. The third-order valence-electron chi connectivity index (χ3n) is 4.23. The topological polar surface area (TPSA) is 172 Å². The highest BCUT2D eigenvalue weighted by Gasteiger charge is 2.24. The number of hydrogen-bond acceptors (Lipinski definition) is 9. The second-order valence-corrected chi connectivity index (χ2v) is 6.61. The van der Waals surface area contributed by atoms with Crippen LogP contribution in [0.25, 0.3) is 11.3 Å². The van der Waals surface area contributed by atoms with Gasteiger partial charge in [0.1, 0.15) is 18.5 Å². The fourth-order valence-corrected chi connectivity index (χ4v) is 2.76. The predicted molar refractivity (Wildman–Crippen MR) is 113 cm³/mol. The quantitative estimate of drug-likeness (QED) is 0.243. The summed E-state index contributed by atoms with van der Waals surface area (Å²) in [4.78, 5) is 41.6. The normalized spacial score (nSPS) is 10.6. The van der Waals surface area contributed by atoms with E-state index in [9.17, 15) is 19.7 Å². The summed E-state index contributed by atoms with van der Waals surface area (Å²) in [5.74, 6) is -1.47. The smallest absolute Gasteiger partial charge is 0.354 e. The van der Waals surface area contributed by atoms with Crippen molar-refractivity contribution >= 4 is 17.6 Å². The summed E-state index contributed by atoms with van der Waals surface area (Å²) in [5.41, 5.74) is 0.423. The predicted octanol–water partition coefficient (Wildman–Crippen LogP) is 1.31. The van der Waals surface area contributed by atoms with Gasteiger partial charge in [0.15, 0.2) is 0 Å². The Bertz CT molecular complexity index is 1160. The molecular weight excluding hydrogens is 436 g/mol. The lowest BCUT2D eigenvalue weighted by molar-refractivity contribution is -0.385. The van der Waals surface area contributed by atoms with Crippen molar-refractivity contribution in [1.82, 2.24) is 25.1 Å². The molecule has 0 aliphatic carbocycles. The summed E-state index contributed by atoms with van der Waals surface area (Å²) in [6.45, 7) is 0.679. The standard InChI is InChI=1S/C20H20N6O7/c1-25-12-16(26(30)31)18(24-25)19(27)22-7-8-32-9-10-33-17-11-13(5-6-21-17)14-3-2-4-15(23-14)20(28)29/h2-6,11-12H,7-10H2,1H3,(H,22,27)(H,28,29). The van der Waals surface area contributed by atoms with E-state index in [0.717, 1.165) is 6.20 Å². The first-order valence-electron chi connectivity index (χ1n) is 9.68. The van der Waals surface area contributed by atoms with Gasteiger partial charge in [0.05, 0.1) is 23.8 Å². The van der Waals surface area contributed by atoms with E-state index in [1.807, 2.05) is 0 Å². The zero-order valence-electron chi connectivity index (χ0n) is 17.5. The average Bonchev–Trinajstić information content (AvgIpc) is 3.21. The van der Waals surface area contributed by atoms with E-state index in [-0.39, 0.29) is 43.4 Å². The summed E-state index contributed by atoms with van der Waals surface area (Å²) in [5, 5.41) is 26.3. The van der Waals surface area contributed by atoms with E-state index >= 15 is 0 Å². The van der Waals surface area contributed by atoms with Gasteiger partial charge < -0.3 is 19.9 Å². The second-order valence-electron chi connectivity index (χ2n) is 6.61. The number of rotatable bonds is 11. The molecule has 0 unspecified atom stereocenters. The van der Waals surface area contributed by atoms with E-state index in [0.29, 0.717) is 17.1 Å². The van der Waals surface area contributed by atoms with Crippen LogP contribution in [0, 0.1) is 10.1 Å². The maximum absolute atomic E-state index is 12.0. The van der Waals surface area contributed by atoms with Gasteiger partial charge in [-0.3, -0.25) is 19.6 Å². The van der Waals surface area contributed by atoms with Crippen molar-refractivity contribution in [3.8, 4) is 17.1 Å². The highest BCUT2D eigenvalue weighted by molar-refractivity contribution is 5.96. The molecule has 2 N–H and O–H groups in total. The molecule has 3 heterocycles. The summed E-state index contributed by atoms with van der Waals surface area (Å²) >= 11 is 0. The fourth-order valence-electron chi connectivity index (χ4n) is 2.76. The van der Waals surface area contributed by atoms with Crippen molar-refractivity contribution in [2.75, 3.05) is 26.4 Å². The van der Waals surface area contributed by atoms with Gasteiger partial charge in [0.25, 0.3) is 5.91 Å². The molecule has 0 saturated carbocycles. The Morgan fingerprint density at radius 2 is 2.06 bits per heavy atom. The SMILES string of the molecule is Cn1cc([N+](=O)[O-])c(C(=O)NCCOCCOc2cc(-c3cccc(C(=O)O)n3)ccn2)n1. The van der Waals surface area contributed by atoms with Crippen LogP contribution in [0.5, 0.6) is 5.88 Å². The number of aromatic carboxylic acids is 1. The minimum atomic E-state index is -1.12. The van der Waals surface area contributed by atoms with E-state index in [2.05, 4.69) is 20.4 Å². The van der Waals surface area contributed by atoms with Gasteiger partial charge in [0.2, 0.25) is 11.6 Å². The first-order valence-corrected chi connectivity index (χ1v) is 9.68. The molecule has 0 radical (unpaired) electrons. The van der Waals surface area contributed by atoms with Gasteiger partial charge in [-0.25, -0.2) is 14.8 Å². The van der Waals surface area contributed by atoms with Crippen molar-refractivity contribution in [2.24, 2.45) is 7.05 Å². The first kappa shape index (κ1) is 23.3. The summed E-state index contributed by atoms with van der Waals surface area (Å²) in [7, 11) is 1.49. The van der Waals surface area contributed by atoms with Crippen LogP contribution in [0.15, 0.2) is 42.7 Å². The van der Waals surface area contributed by atoms with Gasteiger partial charge in [0, 0.05) is 31.4 Å². The molecule has 0 aromatic carbocycles. The monoisotopic (exact) mass is 456 g/mol. The molecule has 33 heavy (non-hydrogen) atoms. The molecule has 3 rings (SSSR count). The number of aromatic nitrogens is 4. The number of carboxylic acid groups (broad SMARTS) is 1. The van der Waals surface area contributed by atoms with Gasteiger partial charge in [-0.1, -0.05) is 6.07 Å². The van der Waals surface area contributed by atoms with Crippen LogP contribution in [0.3, 0.4) is 0 Å². The second kappa shape index (κ2) is 10.8. The summed E-state index contributed by atoms with van der Waals surface area (Å²) < 4.78 is 12.1. The Kier molecular flexibility index (Phi) is 7.60. The largest absolute Gasteiger partial charge is 0.477 e. The molecule has 0 atom stereocenters. The molecular formula is C20H20N6O7. The summed E-state index contributed by atoms with van der Waals surface area (Å²) in [6, 6.07) is 8.01. The number of carboxylic acids is 1. The fraction of sp³-hybridized carbons (Fsp3) is 0.250. The Morgan fingerprint density at radius 1 is 1.24 bits per heavy atom. The number of hydrogen-bond donors (Lipinski definition) is 2. The van der Waals surface area contributed by atoms with Crippen LogP contribution in [0.2, 0.25) is 0 Å². The number of ether oxygens (including phenoxy) is 2. The molecule has 0 saturated heterocycles. The van der Waals surface area contributed by atoms with Crippen molar-refractivity contribution in [1.29, 1.82) is 0 Å². The Morgan fingerprint density at radius 3 is 2.82 bits per heavy atom. The van der Waals surface area contributed by atoms with Gasteiger partial charge in [-0.2, -0.15) is 5.10 Å². The van der Waals surface area contributed by atoms with E-state index < -0.39 is 16.8 Å². The molecule has 3 aromatic rings. The minimum Gasteiger partial charge on any atom is -0.477 e. The molecule has 0 spiro atoms. The number of nitro groups is 1. The van der Waals surface area contributed by atoms with Crippen LogP contribution in [0.1, 0.15) is 21.0 Å². The van der Waals surface area contributed by atoms with Crippen molar-refractivity contribution in [3.63, 3.8) is 0 Å². The first-order chi connectivity index (χ1) is 15.8. The zero-order chi connectivity index (χ0) is 23.8. The lowest BCUT2D eigenvalue weighted by atomic mass is 10.1. The number of aryl methyl sites for hydroxylation is 1. The molecule has 0 aliphatic rings. The Balaban J connectivity index is 1.41. The molecule has 0 fully saturated rings. The van der Waals surface area contributed by atoms with E-state index in [1.54, 1.807) is 24.3 Å². The molecule has 3 aromatic heterocycles. The maximum Gasteiger partial charge on any atom is 0.354 e. The minimum absolute atomic E-state index is 0.0649. The molecule has 0 aliphatic heterocycles. The molecule has 1 amide bonds. The van der Waals surface area contributed by atoms with Crippen LogP contribution in [0.4, 0.5) is 5.69 Å². The van der Waals surface area contributed by atoms with Crippen molar-refractivity contribution in [3.05, 3.63) is 64.2 Å². The molecule has 13 nitrogen and oxygen atoms in total. The van der Waals surface area contributed by atoms with Gasteiger partial charge >= 0.3 is 11.7 Å². The number of nitrogens with zero attached hydrogens (tertiary/aromatic N) is 5. The number of carbonyl (C=O) groups is 2. The van der Waals surface area contributed by atoms with Gasteiger partial charge in [-0.05, 0) is 18.2 Å². The molecule has 0 bridgehead atoms. The van der Waals surface area contributed by atoms with E-state index in [4.69, 9.17) is 14.6 Å². The van der Waals surface area contributed by atoms with Crippen LogP contribution < -0.4 is 10.1 Å². The van der Waals surface area contributed by atoms with Crippen molar-refractivity contribution in [2.45, 2.75) is 0 Å². The van der Waals surface area contributed by atoms with Gasteiger partial charge in [-0.15, -0.1) is 0 Å². The van der Waals surface area contributed by atoms with Crippen molar-refractivity contribution < 1.29 is 29.1 Å². The van der Waals surface area contributed by atoms with E-state index in [1.165, 1.54) is 24.0 Å². The third-order valence-corrected chi connectivity index (χ3v) is 4.23. The Labute approximate surface area is 187 Å². The maximum atomic E-state index is 12.0. The number of carbonyl (C=O) groups excluding carboxylic acids is 1. The highest BCUT2D eigenvalue weighted by atomic mass is 16.6. The number of amides is 1. The number of nitrogens with one attached hydrogen (secondary N) is 1. The van der Waals surface area contributed by atoms with Crippen LogP contribution >= 0.6 is 0 Å².